The van der Waals surface area contributed by atoms with Gasteiger partial charge in [-0.25, -0.2) is 0 Å². The third-order valence-electron chi connectivity index (χ3n) is 4.33. The van der Waals surface area contributed by atoms with Gasteiger partial charge in [0.15, 0.2) is 0 Å². The van der Waals surface area contributed by atoms with E-state index in [2.05, 4.69) is 5.32 Å². The Morgan fingerprint density at radius 2 is 1.86 bits per heavy atom. The van der Waals surface area contributed by atoms with Gasteiger partial charge in [-0.05, 0) is 50.3 Å². The van der Waals surface area contributed by atoms with Crippen LogP contribution in [0.2, 0.25) is 0 Å². The Morgan fingerprint density at radius 1 is 1.10 bits per heavy atom. The van der Waals surface area contributed by atoms with E-state index in [1.807, 2.05) is 4.90 Å². The normalized spacial score (nSPS) is 22.5. The SMILES string of the molecule is FC(F)(F)c1ccccc1N(CC1CC1)CC1CCCN1. The third kappa shape index (κ3) is 3.70. The summed E-state index contributed by atoms with van der Waals surface area (Å²) in [6, 6.07) is 6.28. The molecule has 1 unspecified atom stereocenters. The quantitative estimate of drug-likeness (QED) is 0.892. The fourth-order valence-electron chi connectivity index (χ4n) is 3.05. The van der Waals surface area contributed by atoms with Gasteiger partial charge in [-0.15, -0.1) is 0 Å². The van der Waals surface area contributed by atoms with E-state index in [4.69, 9.17) is 0 Å². The molecule has 5 heteroatoms. The Balaban J connectivity index is 1.84. The lowest BCUT2D eigenvalue weighted by Crippen LogP contribution is -2.39. The van der Waals surface area contributed by atoms with Crippen molar-refractivity contribution in [2.24, 2.45) is 5.92 Å². The number of para-hydroxylation sites is 1. The van der Waals surface area contributed by atoms with Gasteiger partial charge in [0.1, 0.15) is 0 Å². The van der Waals surface area contributed by atoms with Crippen LogP contribution < -0.4 is 10.2 Å². The van der Waals surface area contributed by atoms with Gasteiger partial charge >= 0.3 is 6.18 Å². The number of halogens is 3. The number of nitrogens with zero attached hydrogens (tertiary/aromatic N) is 1. The molecule has 0 radical (unpaired) electrons. The zero-order chi connectivity index (χ0) is 14.9. The van der Waals surface area contributed by atoms with Crippen LogP contribution in [-0.2, 0) is 6.18 Å². The molecule has 1 heterocycles. The van der Waals surface area contributed by atoms with Crippen LogP contribution in [0.25, 0.3) is 0 Å². The number of benzene rings is 1. The summed E-state index contributed by atoms with van der Waals surface area (Å²) in [5.41, 5.74) is -0.172. The van der Waals surface area contributed by atoms with Crippen molar-refractivity contribution in [2.45, 2.75) is 37.9 Å². The number of anilines is 1. The summed E-state index contributed by atoms with van der Waals surface area (Å²) in [5, 5.41) is 3.39. The first-order valence-electron chi connectivity index (χ1n) is 7.68. The molecule has 1 aliphatic heterocycles. The molecule has 1 aromatic rings. The summed E-state index contributed by atoms with van der Waals surface area (Å²) in [6.07, 6.45) is 0.158. The van der Waals surface area contributed by atoms with Gasteiger partial charge in [-0.1, -0.05) is 12.1 Å². The Labute approximate surface area is 123 Å². The van der Waals surface area contributed by atoms with Crippen molar-refractivity contribution >= 4 is 5.69 Å². The lowest BCUT2D eigenvalue weighted by molar-refractivity contribution is -0.137. The van der Waals surface area contributed by atoms with Crippen LogP contribution in [-0.4, -0.2) is 25.7 Å². The highest BCUT2D eigenvalue weighted by Crippen LogP contribution is 2.39. The largest absolute Gasteiger partial charge is 0.418 e. The highest BCUT2D eigenvalue weighted by molar-refractivity contribution is 5.55. The van der Waals surface area contributed by atoms with E-state index in [-0.39, 0.29) is 0 Å². The van der Waals surface area contributed by atoms with Crippen LogP contribution in [0.15, 0.2) is 24.3 Å². The highest BCUT2D eigenvalue weighted by atomic mass is 19.4. The fourth-order valence-corrected chi connectivity index (χ4v) is 3.05. The van der Waals surface area contributed by atoms with Gasteiger partial charge in [-0.3, -0.25) is 0 Å². The van der Waals surface area contributed by atoms with Crippen molar-refractivity contribution in [1.82, 2.24) is 5.32 Å². The molecule has 0 aromatic heterocycles. The fraction of sp³-hybridized carbons (Fsp3) is 0.625. The minimum Gasteiger partial charge on any atom is -0.369 e. The van der Waals surface area contributed by atoms with E-state index in [1.165, 1.54) is 12.1 Å². The van der Waals surface area contributed by atoms with Gasteiger partial charge in [-0.2, -0.15) is 13.2 Å². The van der Waals surface area contributed by atoms with Crippen LogP contribution in [0.3, 0.4) is 0 Å². The molecule has 1 N–H and O–H groups in total. The molecule has 2 aliphatic rings. The number of hydrogen-bond acceptors (Lipinski definition) is 2. The molecular weight excluding hydrogens is 277 g/mol. The molecule has 0 bridgehead atoms. The van der Waals surface area contributed by atoms with Gasteiger partial charge in [0.2, 0.25) is 0 Å². The number of alkyl halides is 3. The molecule has 0 amide bonds. The van der Waals surface area contributed by atoms with Crippen LogP contribution in [0.5, 0.6) is 0 Å². The lowest BCUT2D eigenvalue weighted by Gasteiger charge is -2.30. The van der Waals surface area contributed by atoms with Gasteiger partial charge in [0.25, 0.3) is 0 Å². The number of nitrogens with one attached hydrogen (secondary N) is 1. The maximum Gasteiger partial charge on any atom is 0.418 e. The van der Waals surface area contributed by atoms with E-state index in [0.717, 1.165) is 38.8 Å². The van der Waals surface area contributed by atoms with Gasteiger partial charge in [0, 0.05) is 24.8 Å². The topological polar surface area (TPSA) is 15.3 Å². The third-order valence-corrected chi connectivity index (χ3v) is 4.33. The predicted molar refractivity (Wildman–Crippen MR) is 77.4 cm³/mol. The minimum absolute atomic E-state index is 0.310. The van der Waals surface area contributed by atoms with Crippen molar-refractivity contribution in [3.63, 3.8) is 0 Å². The monoisotopic (exact) mass is 298 g/mol. The average molecular weight is 298 g/mol. The molecular formula is C16H21F3N2. The van der Waals surface area contributed by atoms with Crippen LogP contribution in [0, 0.1) is 5.92 Å². The predicted octanol–water partition coefficient (Wildman–Crippen LogP) is 3.67. The summed E-state index contributed by atoms with van der Waals surface area (Å²) in [6.45, 7) is 2.39. The smallest absolute Gasteiger partial charge is 0.369 e. The van der Waals surface area contributed by atoms with Crippen LogP contribution in [0.4, 0.5) is 18.9 Å². The van der Waals surface area contributed by atoms with Gasteiger partial charge < -0.3 is 10.2 Å². The van der Waals surface area contributed by atoms with Crippen molar-refractivity contribution < 1.29 is 13.2 Å². The summed E-state index contributed by atoms with van der Waals surface area (Å²) in [4.78, 5) is 1.95. The summed E-state index contributed by atoms with van der Waals surface area (Å²) in [7, 11) is 0. The van der Waals surface area contributed by atoms with Crippen molar-refractivity contribution in [1.29, 1.82) is 0 Å². The van der Waals surface area contributed by atoms with Gasteiger partial charge in [0.05, 0.1) is 5.56 Å². The number of hydrogen-bond donors (Lipinski definition) is 1. The van der Waals surface area contributed by atoms with E-state index < -0.39 is 11.7 Å². The zero-order valence-corrected chi connectivity index (χ0v) is 12.0. The van der Waals surface area contributed by atoms with Crippen molar-refractivity contribution in [3.05, 3.63) is 29.8 Å². The molecule has 2 fully saturated rings. The first-order chi connectivity index (χ1) is 10.0. The molecule has 1 atom stereocenters. The Kier molecular flexibility index (Phi) is 4.11. The molecule has 21 heavy (non-hydrogen) atoms. The maximum atomic E-state index is 13.2. The first kappa shape index (κ1) is 14.7. The van der Waals surface area contributed by atoms with Crippen molar-refractivity contribution in [2.75, 3.05) is 24.5 Å². The second-order valence-corrected chi connectivity index (χ2v) is 6.16. The zero-order valence-electron chi connectivity index (χ0n) is 12.0. The molecule has 116 valence electrons. The van der Waals surface area contributed by atoms with E-state index in [0.29, 0.717) is 24.2 Å². The average Bonchev–Trinajstić information content (AvgIpc) is 3.11. The first-order valence-corrected chi connectivity index (χ1v) is 7.68. The Bertz CT molecular complexity index is 477. The molecule has 1 saturated carbocycles. The Hall–Kier alpha value is -1.23. The molecule has 2 nitrogen and oxygen atoms in total. The second-order valence-electron chi connectivity index (χ2n) is 6.16. The number of rotatable bonds is 5. The van der Waals surface area contributed by atoms with Crippen molar-refractivity contribution in [3.8, 4) is 0 Å². The summed E-state index contributed by atoms with van der Waals surface area (Å²) < 4.78 is 39.7. The lowest BCUT2D eigenvalue weighted by atomic mass is 10.1. The molecule has 1 aliphatic carbocycles. The van der Waals surface area contributed by atoms with Crippen LogP contribution >= 0.6 is 0 Å². The van der Waals surface area contributed by atoms with E-state index in [9.17, 15) is 13.2 Å². The minimum atomic E-state index is -4.29. The standard InChI is InChI=1S/C16H21F3N2/c17-16(18,19)14-5-1-2-6-15(14)21(10-12-7-8-12)11-13-4-3-9-20-13/h1-2,5-6,12-13,20H,3-4,7-11H2. The van der Waals surface area contributed by atoms with E-state index >= 15 is 0 Å². The molecule has 0 spiro atoms. The maximum absolute atomic E-state index is 13.2. The second kappa shape index (κ2) is 5.87. The summed E-state index contributed by atoms with van der Waals surface area (Å²) >= 11 is 0. The molecule has 1 aromatic carbocycles. The molecule has 3 rings (SSSR count). The van der Waals surface area contributed by atoms with E-state index in [1.54, 1.807) is 12.1 Å². The molecule has 1 saturated heterocycles. The summed E-state index contributed by atoms with van der Waals surface area (Å²) in [5.74, 6) is 0.563. The Morgan fingerprint density at radius 3 is 2.48 bits per heavy atom. The van der Waals surface area contributed by atoms with Crippen LogP contribution in [0.1, 0.15) is 31.2 Å². The highest BCUT2D eigenvalue weighted by Gasteiger charge is 2.36.